The van der Waals surface area contributed by atoms with Gasteiger partial charge in [0.1, 0.15) is 5.69 Å². The molecule has 3 heterocycles. The summed E-state index contributed by atoms with van der Waals surface area (Å²) in [5, 5.41) is 0. The number of H-pyrrole nitrogens is 1. The summed E-state index contributed by atoms with van der Waals surface area (Å²) in [5.41, 5.74) is 1.63. The summed E-state index contributed by atoms with van der Waals surface area (Å²) in [5.74, 6) is 1.20. The maximum Gasteiger partial charge on any atom is 0.315 e. The Hall–Kier alpha value is -2.96. The first-order chi connectivity index (χ1) is 13.4. The fourth-order valence-corrected chi connectivity index (χ4v) is 3.77. The van der Waals surface area contributed by atoms with Crippen LogP contribution in [0.3, 0.4) is 0 Å². The first-order valence-corrected chi connectivity index (χ1v) is 9.53. The Kier molecular flexibility index (Phi) is 4.53. The number of likely N-dealkylation sites (tertiary alicyclic amines) is 1. The highest BCUT2D eigenvalue weighted by molar-refractivity contribution is 5.95. The van der Waals surface area contributed by atoms with Crippen molar-refractivity contribution in [2.45, 2.75) is 32.1 Å². The summed E-state index contributed by atoms with van der Waals surface area (Å²) in [4.78, 5) is 31.7. The molecule has 148 valence electrons. The van der Waals surface area contributed by atoms with Gasteiger partial charge in [0.2, 0.25) is 0 Å². The highest BCUT2D eigenvalue weighted by Gasteiger charge is 2.32. The fraction of sp³-hybridized carbons (Fsp3) is 0.429. The molecule has 0 aliphatic carbocycles. The highest BCUT2D eigenvalue weighted by atomic mass is 16.5. The molecule has 0 spiro atoms. The lowest BCUT2D eigenvalue weighted by atomic mass is 9.84. The second kappa shape index (κ2) is 6.89. The van der Waals surface area contributed by atoms with Gasteiger partial charge in [-0.3, -0.25) is 14.5 Å². The lowest BCUT2D eigenvalue weighted by molar-refractivity contribution is -0.146. The van der Waals surface area contributed by atoms with E-state index < -0.39 is 5.41 Å². The normalized spacial score (nSPS) is 16.1. The molecule has 7 heteroatoms. The van der Waals surface area contributed by atoms with E-state index in [0.29, 0.717) is 18.2 Å². The Morgan fingerprint density at radius 2 is 1.82 bits per heavy atom. The lowest BCUT2D eigenvalue weighted by Gasteiger charge is -2.23. The number of anilines is 2. The number of esters is 1. The van der Waals surface area contributed by atoms with Crippen LogP contribution in [-0.2, 0) is 14.9 Å². The van der Waals surface area contributed by atoms with Crippen molar-refractivity contribution in [3.8, 4) is 5.75 Å². The Balaban J connectivity index is 1.56. The second-order valence-electron chi connectivity index (χ2n) is 7.76. The van der Waals surface area contributed by atoms with Crippen LogP contribution in [0.2, 0.25) is 0 Å². The molecule has 0 bridgehead atoms. The van der Waals surface area contributed by atoms with E-state index in [4.69, 9.17) is 9.47 Å². The van der Waals surface area contributed by atoms with Gasteiger partial charge in [0.15, 0.2) is 18.3 Å². The SMILES string of the molecule is COC(=O)C(C)(C)c1ccc(N2COc3cc(C(=O)N4CCCC4)[nH]c32)cc1. The maximum absolute atomic E-state index is 12.6. The van der Waals surface area contributed by atoms with Crippen molar-refractivity contribution >= 4 is 23.4 Å². The van der Waals surface area contributed by atoms with Gasteiger partial charge in [-0.1, -0.05) is 12.1 Å². The van der Waals surface area contributed by atoms with E-state index in [1.54, 1.807) is 6.07 Å². The molecule has 2 aliphatic rings. The lowest BCUT2D eigenvalue weighted by Crippen LogP contribution is -2.30. The Morgan fingerprint density at radius 3 is 2.46 bits per heavy atom. The van der Waals surface area contributed by atoms with Crippen molar-refractivity contribution in [3.05, 3.63) is 41.6 Å². The number of carbonyl (C=O) groups is 2. The minimum atomic E-state index is -0.721. The number of benzene rings is 1. The number of ether oxygens (including phenoxy) is 2. The zero-order chi connectivity index (χ0) is 19.9. The topological polar surface area (TPSA) is 74.9 Å². The van der Waals surface area contributed by atoms with Gasteiger partial charge in [-0.25, -0.2) is 0 Å². The smallest absolute Gasteiger partial charge is 0.315 e. The van der Waals surface area contributed by atoms with Gasteiger partial charge >= 0.3 is 5.97 Å². The summed E-state index contributed by atoms with van der Waals surface area (Å²) < 4.78 is 10.7. The number of carbonyl (C=O) groups excluding carboxylic acids is 2. The molecule has 1 fully saturated rings. The molecule has 0 unspecified atom stereocenters. The molecular formula is C21H25N3O4. The average molecular weight is 383 g/mol. The molecule has 0 atom stereocenters. The standard InChI is InChI=1S/C21H25N3O4/c1-21(2,20(26)27-3)14-6-8-15(9-7-14)24-13-28-17-12-16(22-18(17)24)19(25)23-10-4-5-11-23/h6-9,12,22H,4-5,10-11,13H2,1-3H3. The van der Waals surface area contributed by atoms with Crippen LogP contribution in [0.1, 0.15) is 42.7 Å². The molecule has 1 aromatic heterocycles. The molecule has 2 aromatic rings. The van der Waals surface area contributed by atoms with E-state index in [1.165, 1.54) is 7.11 Å². The molecule has 7 nitrogen and oxygen atoms in total. The van der Waals surface area contributed by atoms with Gasteiger partial charge in [-0.15, -0.1) is 0 Å². The molecular weight excluding hydrogens is 358 g/mol. The fourth-order valence-electron chi connectivity index (χ4n) is 3.77. The van der Waals surface area contributed by atoms with Crippen LogP contribution in [0.25, 0.3) is 0 Å². The number of aromatic amines is 1. The van der Waals surface area contributed by atoms with Gasteiger partial charge < -0.3 is 19.4 Å². The minimum absolute atomic E-state index is 0.0191. The summed E-state index contributed by atoms with van der Waals surface area (Å²) >= 11 is 0. The van der Waals surface area contributed by atoms with Crippen LogP contribution in [0.5, 0.6) is 5.75 Å². The number of amides is 1. The summed E-state index contributed by atoms with van der Waals surface area (Å²) in [6.45, 7) is 5.67. The monoisotopic (exact) mass is 383 g/mol. The van der Waals surface area contributed by atoms with Crippen LogP contribution >= 0.6 is 0 Å². The number of methoxy groups -OCH3 is 1. The number of hydrogen-bond acceptors (Lipinski definition) is 5. The van der Waals surface area contributed by atoms with Crippen molar-refractivity contribution in [1.82, 2.24) is 9.88 Å². The van der Waals surface area contributed by atoms with Crippen molar-refractivity contribution in [1.29, 1.82) is 0 Å². The number of rotatable bonds is 4. The third kappa shape index (κ3) is 3.00. The summed E-state index contributed by atoms with van der Waals surface area (Å²) in [6.07, 6.45) is 2.12. The van der Waals surface area contributed by atoms with Gasteiger partial charge in [0.25, 0.3) is 5.91 Å². The van der Waals surface area contributed by atoms with Gasteiger partial charge in [-0.2, -0.15) is 0 Å². The number of nitrogens with one attached hydrogen (secondary N) is 1. The third-order valence-electron chi connectivity index (χ3n) is 5.60. The maximum atomic E-state index is 12.6. The molecule has 1 aromatic carbocycles. The average Bonchev–Trinajstić information content (AvgIpc) is 3.43. The number of fused-ring (bicyclic) bond motifs is 1. The number of nitrogens with zero attached hydrogens (tertiary/aromatic N) is 2. The summed E-state index contributed by atoms with van der Waals surface area (Å²) in [7, 11) is 1.40. The molecule has 4 rings (SSSR count). The second-order valence-corrected chi connectivity index (χ2v) is 7.76. The van der Waals surface area contributed by atoms with E-state index in [2.05, 4.69) is 4.98 Å². The zero-order valence-electron chi connectivity index (χ0n) is 16.4. The Labute approximate surface area is 164 Å². The third-order valence-corrected chi connectivity index (χ3v) is 5.60. The van der Waals surface area contributed by atoms with Gasteiger partial charge in [0, 0.05) is 24.8 Å². The Bertz CT molecular complexity index is 895. The van der Waals surface area contributed by atoms with Crippen molar-refractivity contribution in [3.63, 3.8) is 0 Å². The van der Waals surface area contributed by atoms with Crippen LogP contribution in [0.15, 0.2) is 30.3 Å². The van der Waals surface area contributed by atoms with Crippen molar-refractivity contribution in [2.24, 2.45) is 0 Å². The highest BCUT2D eigenvalue weighted by Crippen LogP contribution is 2.40. The number of aromatic nitrogens is 1. The predicted molar refractivity (Wildman–Crippen MR) is 105 cm³/mol. The van der Waals surface area contributed by atoms with E-state index in [0.717, 1.165) is 43.0 Å². The zero-order valence-corrected chi connectivity index (χ0v) is 16.4. The van der Waals surface area contributed by atoms with Crippen LogP contribution < -0.4 is 9.64 Å². The molecule has 1 saturated heterocycles. The first-order valence-electron chi connectivity index (χ1n) is 9.53. The van der Waals surface area contributed by atoms with Crippen LogP contribution in [0.4, 0.5) is 11.5 Å². The van der Waals surface area contributed by atoms with Gasteiger partial charge in [-0.05, 0) is 44.4 Å². The van der Waals surface area contributed by atoms with Crippen molar-refractivity contribution in [2.75, 3.05) is 31.8 Å². The van der Waals surface area contributed by atoms with E-state index >= 15 is 0 Å². The minimum Gasteiger partial charge on any atom is -0.469 e. The van der Waals surface area contributed by atoms with Crippen molar-refractivity contribution < 1.29 is 19.1 Å². The molecule has 0 radical (unpaired) electrons. The molecule has 1 N–H and O–H groups in total. The van der Waals surface area contributed by atoms with Crippen LogP contribution in [0, 0.1) is 0 Å². The number of hydrogen-bond donors (Lipinski definition) is 1. The first kappa shape index (κ1) is 18.4. The quantitative estimate of drug-likeness (QED) is 0.821. The van der Waals surface area contributed by atoms with E-state index in [9.17, 15) is 9.59 Å². The largest absolute Gasteiger partial charge is 0.469 e. The van der Waals surface area contributed by atoms with E-state index in [-0.39, 0.29) is 11.9 Å². The molecule has 2 aliphatic heterocycles. The summed E-state index contributed by atoms with van der Waals surface area (Å²) in [6, 6.07) is 9.51. The molecule has 0 saturated carbocycles. The van der Waals surface area contributed by atoms with Crippen LogP contribution in [-0.4, -0.2) is 48.7 Å². The predicted octanol–water partition coefficient (Wildman–Crippen LogP) is 3.19. The molecule has 1 amide bonds. The van der Waals surface area contributed by atoms with Gasteiger partial charge in [0.05, 0.1) is 12.5 Å². The van der Waals surface area contributed by atoms with E-state index in [1.807, 2.05) is 47.9 Å². The Morgan fingerprint density at radius 1 is 1.14 bits per heavy atom. The molecule has 28 heavy (non-hydrogen) atoms.